The number of rotatable bonds is 8. The number of nitrogens with one attached hydrogen (secondary N) is 1. The van der Waals surface area contributed by atoms with Gasteiger partial charge in [-0.15, -0.1) is 0 Å². The second kappa shape index (κ2) is 9.73. The smallest absolute Gasteiger partial charge is 0.305 e. The zero-order chi connectivity index (χ0) is 21.5. The van der Waals surface area contributed by atoms with Crippen LogP contribution in [0.5, 0.6) is 0 Å². The van der Waals surface area contributed by atoms with E-state index in [2.05, 4.69) is 15.2 Å². The van der Waals surface area contributed by atoms with E-state index in [1.165, 1.54) is 13.2 Å². The molecule has 0 saturated carbocycles. The molecule has 3 aromatic rings. The van der Waals surface area contributed by atoms with Crippen molar-refractivity contribution in [1.82, 2.24) is 15.1 Å². The lowest BCUT2D eigenvalue weighted by atomic mass is 10.2. The molecule has 0 unspecified atom stereocenters. The summed E-state index contributed by atoms with van der Waals surface area (Å²) >= 11 is 0. The Kier molecular flexibility index (Phi) is 6.85. The number of hydrogen-bond donors (Lipinski definition) is 1. The minimum Gasteiger partial charge on any atom is -0.469 e. The number of aromatic nitrogens is 2. The third kappa shape index (κ3) is 5.26. The highest BCUT2D eigenvalue weighted by Gasteiger charge is 2.13. The topological polar surface area (TPSA) is 86.4 Å². The van der Waals surface area contributed by atoms with Gasteiger partial charge in [-0.3, -0.25) is 9.59 Å². The van der Waals surface area contributed by atoms with Crippen molar-refractivity contribution >= 4 is 18.0 Å². The fourth-order valence-electron chi connectivity index (χ4n) is 3.09. The molecule has 7 heteroatoms. The molecule has 0 aliphatic rings. The number of furan rings is 1. The van der Waals surface area contributed by atoms with Crippen LogP contribution in [-0.2, 0) is 27.3 Å². The van der Waals surface area contributed by atoms with Gasteiger partial charge in [0, 0.05) is 30.3 Å². The van der Waals surface area contributed by atoms with E-state index in [-0.39, 0.29) is 18.3 Å². The van der Waals surface area contributed by atoms with Crippen molar-refractivity contribution in [1.29, 1.82) is 0 Å². The Balaban J connectivity index is 1.57. The molecule has 0 bridgehead atoms. The first kappa shape index (κ1) is 21.1. The maximum absolute atomic E-state index is 12.2. The molecule has 2 heterocycles. The Labute approximate surface area is 175 Å². The normalized spacial score (nSPS) is 11.0. The largest absolute Gasteiger partial charge is 0.469 e. The number of para-hydroxylation sites is 1. The van der Waals surface area contributed by atoms with E-state index in [1.54, 1.807) is 18.2 Å². The third-order valence-electron chi connectivity index (χ3n) is 4.77. The van der Waals surface area contributed by atoms with Gasteiger partial charge in [0.25, 0.3) is 0 Å². The molecule has 0 atom stereocenters. The van der Waals surface area contributed by atoms with Crippen molar-refractivity contribution in [3.8, 4) is 5.69 Å². The SMILES string of the molecule is COC(=O)CCc1ccc(/C=C/C(=O)NCc2c(C)nn(-c3ccccc3)c2C)o1. The number of aryl methyl sites for hydroxylation is 2. The van der Waals surface area contributed by atoms with Crippen LogP contribution in [0.25, 0.3) is 11.8 Å². The molecule has 1 amide bonds. The minimum absolute atomic E-state index is 0.228. The van der Waals surface area contributed by atoms with Gasteiger partial charge >= 0.3 is 5.97 Å². The molecule has 156 valence electrons. The minimum atomic E-state index is -0.288. The van der Waals surface area contributed by atoms with Crippen LogP contribution >= 0.6 is 0 Å². The molecule has 1 aromatic carbocycles. The predicted octanol–water partition coefficient (Wildman–Crippen LogP) is 3.52. The second-order valence-corrected chi connectivity index (χ2v) is 6.83. The lowest BCUT2D eigenvalue weighted by Gasteiger charge is -2.06. The number of carbonyl (C=O) groups excluding carboxylic acids is 2. The van der Waals surface area contributed by atoms with Crippen LogP contribution in [0.4, 0.5) is 0 Å². The number of ether oxygens (including phenoxy) is 1. The summed E-state index contributed by atoms with van der Waals surface area (Å²) in [6, 6.07) is 13.4. The number of esters is 1. The van der Waals surface area contributed by atoms with Crippen molar-refractivity contribution in [2.75, 3.05) is 7.11 Å². The van der Waals surface area contributed by atoms with E-state index in [0.29, 0.717) is 24.5 Å². The lowest BCUT2D eigenvalue weighted by molar-refractivity contribution is -0.140. The van der Waals surface area contributed by atoms with E-state index in [0.717, 1.165) is 22.6 Å². The van der Waals surface area contributed by atoms with E-state index in [4.69, 9.17) is 4.42 Å². The molecule has 0 saturated heterocycles. The maximum Gasteiger partial charge on any atom is 0.305 e. The fraction of sp³-hybridized carbons (Fsp3) is 0.261. The molecule has 0 spiro atoms. The van der Waals surface area contributed by atoms with Gasteiger partial charge in [-0.1, -0.05) is 18.2 Å². The average Bonchev–Trinajstić information content (AvgIpc) is 3.33. The summed E-state index contributed by atoms with van der Waals surface area (Å²) in [5, 5.41) is 7.48. The van der Waals surface area contributed by atoms with E-state index in [1.807, 2.05) is 48.9 Å². The first-order valence-corrected chi connectivity index (χ1v) is 9.70. The standard InChI is InChI=1S/C23H25N3O4/c1-16-21(17(2)26(25-16)18-7-5-4-6-8-18)15-24-22(27)13-11-19-9-10-20(30-19)12-14-23(28)29-3/h4-11,13H,12,14-15H2,1-3H3,(H,24,27)/b13-11+. The molecular formula is C23H25N3O4. The zero-order valence-electron chi connectivity index (χ0n) is 17.3. The van der Waals surface area contributed by atoms with Gasteiger partial charge in [-0.05, 0) is 44.2 Å². The number of hydrogen-bond acceptors (Lipinski definition) is 5. The highest BCUT2D eigenvalue weighted by atomic mass is 16.5. The van der Waals surface area contributed by atoms with Gasteiger partial charge in [0.15, 0.2) is 0 Å². The highest BCUT2D eigenvalue weighted by molar-refractivity contribution is 5.91. The summed E-state index contributed by atoms with van der Waals surface area (Å²) in [6.45, 7) is 4.31. The summed E-state index contributed by atoms with van der Waals surface area (Å²) in [5.74, 6) is 0.701. The fourth-order valence-corrected chi connectivity index (χ4v) is 3.09. The lowest BCUT2D eigenvalue weighted by Crippen LogP contribution is -2.21. The van der Waals surface area contributed by atoms with E-state index < -0.39 is 0 Å². The van der Waals surface area contributed by atoms with Crippen LogP contribution in [-0.4, -0.2) is 28.8 Å². The summed E-state index contributed by atoms with van der Waals surface area (Å²) in [5.41, 5.74) is 3.84. The van der Waals surface area contributed by atoms with Crippen LogP contribution in [0, 0.1) is 13.8 Å². The first-order chi connectivity index (χ1) is 14.5. The molecule has 30 heavy (non-hydrogen) atoms. The quantitative estimate of drug-likeness (QED) is 0.456. The summed E-state index contributed by atoms with van der Waals surface area (Å²) in [4.78, 5) is 23.4. The van der Waals surface area contributed by atoms with Crippen LogP contribution in [0.2, 0.25) is 0 Å². The van der Waals surface area contributed by atoms with Crippen LogP contribution in [0.15, 0.2) is 53.0 Å². The molecule has 0 aliphatic carbocycles. The zero-order valence-corrected chi connectivity index (χ0v) is 17.3. The molecule has 0 aliphatic heterocycles. The summed E-state index contributed by atoms with van der Waals surface area (Å²) < 4.78 is 12.1. The van der Waals surface area contributed by atoms with Crippen LogP contribution < -0.4 is 5.32 Å². The molecule has 7 nitrogen and oxygen atoms in total. The molecule has 1 N–H and O–H groups in total. The Bertz CT molecular complexity index is 1050. The second-order valence-electron chi connectivity index (χ2n) is 6.83. The van der Waals surface area contributed by atoms with Crippen LogP contribution in [0.3, 0.4) is 0 Å². The number of nitrogens with zero attached hydrogens (tertiary/aromatic N) is 2. The molecular weight excluding hydrogens is 382 g/mol. The summed E-state index contributed by atoms with van der Waals surface area (Å²) in [7, 11) is 1.35. The van der Waals surface area contributed by atoms with Gasteiger partial charge in [-0.25, -0.2) is 4.68 Å². The molecule has 0 radical (unpaired) electrons. The van der Waals surface area contributed by atoms with Gasteiger partial charge < -0.3 is 14.5 Å². The van der Waals surface area contributed by atoms with Crippen molar-refractivity contribution in [3.63, 3.8) is 0 Å². The van der Waals surface area contributed by atoms with Crippen molar-refractivity contribution < 1.29 is 18.7 Å². The Hall–Kier alpha value is -3.61. The predicted molar refractivity (Wildman–Crippen MR) is 113 cm³/mol. The Morgan fingerprint density at radius 3 is 2.67 bits per heavy atom. The first-order valence-electron chi connectivity index (χ1n) is 9.70. The van der Waals surface area contributed by atoms with Crippen molar-refractivity contribution in [3.05, 3.63) is 77.0 Å². The number of carbonyl (C=O) groups is 2. The number of methoxy groups -OCH3 is 1. The van der Waals surface area contributed by atoms with Crippen molar-refractivity contribution in [2.24, 2.45) is 0 Å². The average molecular weight is 407 g/mol. The number of amides is 1. The van der Waals surface area contributed by atoms with Gasteiger partial charge in [0.05, 0.1) is 24.9 Å². The van der Waals surface area contributed by atoms with Gasteiger partial charge in [0.1, 0.15) is 11.5 Å². The van der Waals surface area contributed by atoms with Gasteiger partial charge in [0.2, 0.25) is 5.91 Å². The highest BCUT2D eigenvalue weighted by Crippen LogP contribution is 2.17. The van der Waals surface area contributed by atoms with E-state index >= 15 is 0 Å². The Morgan fingerprint density at radius 1 is 1.17 bits per heavy atom. The number of benzene rings is 1. The summed E-state index contributed by atoms with van der Waals surface area (Å²) in [6.07, 6.45) is 3.74. The van der Waals surface area contributed by atoms with Gasteiger partial charge in [-0.2, -0.15) is 5.10 Å². The third-order valence-corrected chi connectivity index (χ3v) is 4.77. The molecule has 0 fully saturated rings. The van der Waals surface area contributed by atoms with Crippen LogP contribution in [0.1, 0.15) is 34.9 Å². The Morgan fingerprint density at radius 2 is 1.93 bits per heavy atom. The maximum atomic E-state index is 12.2. The van der Waals surface area contributed by atoms with E-state index in [9.17, 15) is 9.59 Å². The molecule has 3 rings (SSSR count). The molecule has 2 aromatic heterocycles. The monoisotopic (exact) mass is 407 g/mol. The van der Waals surface area contributed by atoms with Crippen molar-refractivity contribution in [2.45, 2.75) is 33.2 Å².